The fourth-order valence-corrected chi connectivity index (χ4v) is 4.10. The largest absolute Gasteiger partial charge is 0.492 e. The van der Waals surface area contributed by atoms with Gasteiger partial charge in [0, 0.05) is 38.3 Å². The fourth-order valence-electron chi connectivity index (χ4n) is 4.10. The highest BCUT2D eigenvalue weighted by Gasteiger charge is 2.26. The molecule has 2 N–H and O–H groups in total. The van der Waals surface area contributed by atoms with Gasteiger partial charge in [-0.2, -0.15) is 0 Å². The third kappa shape index (κ3) is 5.82. The molecule has 166 valence electrons. The van der Waals surface area contributed by atoms with E-state index >= 15 is 0 Å². The molecule has 0 bridgehead atoms. The summed E-state index contributed by atoms with van der Waals surface area (Å²) in [7, 11) is 1.81. The molecule has 0 aliphatic carbocycles. The smallest absolute Gasteiger partial charge is 0.231 e. The quantitative estimate of drug-likeness (QED) is 0.405. The van der Waals surface area contributed by atoms with E-state index in [0.717, 1.165) is 49.1 Å². The predicted octanol–water partition coefficient (Wildman–Crippen LogP) is 3.01. The molecule has 0 spiro atoms. The Morgan fingerprint density at radius 2 is 2.00 bits per heavy atom. The Bertz CT molecular complexity index is 874. The van der Waals surface area contributed by atoms with Crippen LogP contribution < -0.4 is 24.8 Å². The molecule has 2 unspecified atom stereocenters. The molecule has 31 heavy (non-hydrogen) atoms. The number of likely N-dealkylation sites (tertiary alicyclic amines) is 1. The third-order valence-electron chi connectivity index (χ3n) is 5.81. The van der Waals surface area contributed by atoms with E-state index < -0.39 is 0 Å². The standard InChI is InChI=1S/C24H32N4O3/c1-18-14-20(10-12-28(18)16-19-6-4-3-5-7-19)27-24(25-2)26-11-13-29-21-8-9-22-23(15-21)31-17-30-22/h3-9,15,18,20H,10-14,16-17H2,1-2H3,(H2,25,26,27). The Labute approximate surface area is 184 Å². The van der Waals surface area contributed by atoms with Crippen molar-refractivity contribution in [3.63, 3.8) is 0 Å². The lowest BCUT2D eigenvalue weighted by Gasteiger charge is -2.38. The molecule has 0 radical (unpaired) electrons. The average Bonchev–Trinajstić information content (AvgIpc) is 3.26. The number of hydrogen-bond acceptors (Lipinski definition) is 5. The van der Waals surface area contributed by atoms with Gasteiger partial charge < -0.3 is 24.8 Å². The molecule has 7 heteroatoms. The van der Waals surface area contributed by atoms with Gasteiger partial charge in [-0.1, -0.05) is 30.3 Å². The van der Waals surface area contributed by atoms with E-state index in [2.05, 4.69) is 57.8 Å². The van der Waals surface area contributed by atoms with Crippen LogP contribution in [0.25, 0.3) is 0 Å². The van der Waals surface area contributed by atoms with Gasteiger partial charge >= 0.3 is 0 Å². The summed E-state index contributed by atoms with van der Waals surface area (Å²) in [5, 5.41) is 6.92. The van der Waals surface area contributed by atoms with Crippen LogP contribution in [0.2, 0.25) is 0 Å². The molecule has 0 amide bonds. The van der Waals surface area contributed by atoms with Gasteiger partial charge in [-0.3, -0.25) is 9.89 Å². The van der Waals surface area contributed by atoms with Gasteiger partial charge in [0.05, 0.1) is 6.54 Å². The average molecular weight is 425 g/mol. The third-order valence-corrected chi connectivity index (χ3v) is 5.81. The lowest BCUT2D eigenvalue weighted by Crippen LogP contribution is -2.51. The summed E-state index contributed by atoms with van der Waals surface area (Å²) < 4.78 is 16.5. The molecular formula is C24H32N4O3. The number of rotatable bonds is 7. The monoisotopic (exact) mass is 424 g/mol. The summed E-state index contributed by atoms with van der Waals surface area (Å²) in [5.41, 5.74) is 1.38. The molecule has 2 heterocycles. The van der Waals surface area contributed by atoms with Crippen molar-refractivity contribution in [1.29, 1.82) is 0 Å². The molecule has 2 aliphatic heterocycles. The summed E-state index contributed by atoms with van der Waals surface area (Å²) in [4.78, 5) is 6.93. The summed E-state index contributed by atoms with van der Waals surface area (Å²) in [6, 6.07) is 17.3. The van der Waals surface area contributed by atoms with E-state index in [1.807, 2.05) is 25.2 Å². The van der Waals surface area contributed by atoms with Crippen molar-refractivity contribution >= 4 is 5.96 Å². The SMILES string of the molecule is CN=C(NCCOc1ccc2c(c1)OCO2)NC1CCN(Cc2ccccc2)C(C)C1. The molecule has 2 aromatic carbocycles. The van der Waals surface area contributed by atoms with Crippen molar-refractivity contribution in [2.45, 2.75) is 38.4 Å². The second-order valence-electron chi connectivity index (χ2n) is 8.03. The number of guanidine groups is 1. The Hall–Kier alpha value is -2.93. The zero-order valence-electron chi connectivity index (χ0n) is 18.3. The van der Waals surface area contributed by atoms with Crippen LogP contribution in [0.5, 0.6) is 17.2 Å². The Balaban J connectivity index is 1.17. The van der Waals surface area contributed by atoms with Gasteiger partial charge in [0.25, 0.3) is 0 Å². The molecule has 0 saturated carbocycles. The van der Waals surface area contributed by atoms with Gasteiger partial charge in [-0.15, -0.1) is 0 Å². The summed E-state index contributed by atoms with van der Waals surface area (Å²) >= 11 is 0. The lowest BCUT2D eigenvalue weighted by molar-refractivity contribution is 0.134. The van der Waals surface area contributed by atoms with Crippen molar-refractivity contribution in [3.8, 4) is 17.2 Å². The van der Waals surface area contributed by atoms with Crippen LogP contribution in [-0.4, -0.2) is 56.5 Å². The zero-order chi connectivity index (χ0) is 21.5. The second-order valence-corrected chi connectivity index (χ2v) is 8.03. The molecule has 2 aromatic rings. The van der Waals surface area contributed by atoms with E-state index in [4.69, 9.17) is 14.2 Å². The first-order valence-corrected chi connectivity index (χ1v) is 11.0. The van der Waals surface area contributed by atoms with Crippen LogP contribution in [0.1, 0.15) is 25.3 Å². The van der Waals surface area contributed by atoms with Crippen LogP contribution in [-0.2, 0) is 6.54 Å². The van der Waals surface area contributed by atoms with Crippen molar-refractivity contribution in [2.24, 2.45) is 4.99 Å². The van der Waals surface area contributed by atoms with Gasteiger partial charge in [-0.05, 0) is 37.5 Å². The Morgan fingerprint density at radius 3 is 2.81 bits per heavy atom. The van der Waals surface area contributed by atoms with E-state index in [1.165, 1.54) is 5.56 Å². The van der Waals surface area contributed by atoms with E-state index in [0.29, 0.717) is 25.2 Å². The van der Waals surface area contributed by atoms with Crippen molar-refractivity contribution in [2.75, 3.05) is 33.5 Å². The maximum absolute atomic E-state index is 5.82. The molecule has 7 nitrogen and oxygen atoms in total. The zero-order valence-corrected chi connectivity index (χ0v) is 18.3. The Morgan fingerprint density at radius 1 is 1.16 bits per heavy atom. The van der Waals surface area contributed by atoms with Crippen molar-refractivity contribution in [3.05, 3.63) is 54.1 Å². The minimum absolute atomic E-state index is 0.270. The van der Waals surface area contributed by atoms with E-state index in [1.54, 1.807) is 0 Å². The first kappa shape index (κ1) is 21.3. The van der Waals surface area contributed by atoms with Gasteiger partial charge in [0.1, 0.15) is 12.4 Å². The molecular weight excluding hydrogens is 392 g/mol. The highest BCUT2D eigenvalue weighted by atomic mass is 16.7. The van der Waals surface area contributed by atoms with Crippen molar-refractivity contribution < 1.29 is 14.2 Å². The van der Waals surface area contributed by atoms with Gasteiger partial charge in [-0.25, -0.2) is 0 Å². The molecule has 2 aliphatic rings. The van der Waals surface area contributed by atoms with E-state index in [-0.39, 0.29) is 6.79 Å². The lowest BCUT2D eigenvalue weighted by atomic mass is 9.97. The predicted molar refractivity (Wildman–Crippen MR) is 122 cm³/mol. The van der Waals surface area contributed by atoms with Crippen LogP contribution in [0.15, 0.2) is 53.5 Å². The second kappa shape index (κ2) is 10.4. The molecule has 0 aromatic heterocycles. The number of aliphatic imine (C=N–C) groups is 1. The van der Waals surface area contributed by atoms with Crippen LogP contribution in [0, 0.1) is 0 Å². The summed E-state index contributed by atoms with van der Waals surface area (Å²) in [6.45, 7) is 5.87. The van der Waals surface area contributed by atoms with Gasteiger partial charge in [0.2, 0.25) is 6.79 Å². The molecule has 4 rings (SSSR count). The summed E-state index contributed by atoms with van der Waals surface area (Å²) in [6.07, 6.45) is 2.20. The maximum atomic E-state index is 5.82. The van der Waals surface area contributed by atoms with Crippen LogP contribution in [0.4, 0.5) is 0 Å². The molecule has 2 atom stereocenters. The molecule has 1 saturated heterocycles. The fraction of sp³-hybridized carbons (Fsp3) is 0.458. The van der Waals surface area contributed by atoms with Crippen molar-refractivity contribution in [1.82, 2.24) is 15.5 Å². The highest BCUT2D eigenvalue weighted by molar-refractivity contribution is 5.79. The highest BCUT2D eigenvalue weighted by Crippen LogP contribution is 2.35. The van der Waals surface area contributed by atoms with E-state index in [9.17, 15) is 0 Å². The maximum Gasteiger partial charge on any atom is 0.231 e. The topological polar surface area (TPSA) is 67.4 Å². The number of benzene rings is 2. The van der Waals surface area contributed by atoms with Crippen LogP contribution in [0.3, 0.4) is 0 Å². The summed E-state index contributed by atoms with van der Waals surface area (Å²) in [5.74, 6) is 3.09. The number of piperidine rings is 1. The number of nitrogens with one attached hydrogen (secondary N) is 2. The van der Waals surface area contributed by atoms with Crippen LogP contribution >= 0.6 is 0 Å². The minimum Gasteiger partial charge on any atom is -0.492 e. The Kier molecular flexibility index (Phi) is 7.14. The number of nitrogens with zero attached hydrogens (tertiary/aromatic N) is 2. The first-order chi connectivity index (χ1) is 15.2. The minimum atomic E-state index is 0.270. The molecule has 1 fully saturated rings. The normalized spacial score (nSPS) is 21.0. The first-order valence-electron chi connectivity index (χ1n) is 11.0. The number of ether oxygens (including phenoxy) is 3. The number of fused-ring (bicyclic) bond motifs is 1. The van der Waals surface area contributed by atoms with Gasteiger partial charge in [0.15, 0.2) is 17.5 Å². The number of hydrogen-bond donors (Lipinski definition) is 2.